The number of nitrogens with one attached hydrogen (secondary N) is 1. The zero-order valence-corrected chi connectivity index (χ0v) is 13.4. The molecule has 1 aromatic carbocycles. The lowest BCUT2D eigenvalue weighted by atomic mass is 9.92. The fourth-order valence-corrected chi connectivity index (χ4v) is 3.31. The Labute approximate surface area is 125 Å². The van der Waals surface area contributed by atoms with Gasteiger partial charge in [-0.25, -0.2) is 0 Å². The van der Waals surface area contributed by atoms with E-state index in [1.54, 1.807) is 5.57 Å². The standard InChI is InChI=1S/C17H24BrN/c1-2-19-17(12-14-7-4-3-5-8-14)13-15-9-6-10-16(18)11-15/h6-7,9-11,17,19H,2-5,8,12-13H2,1H3. The number of hydrogen-bond acceptors (Lipinski definition) is 1. The van der Waals surface area contributed by atoms with Gasteiger partial charge in [0.15, 0.2) is 0 Å². The zero-order valence-electron chi connectivity index (χ0n) is 11.8. The molecule has 19 heavy (non-hydrogen) atoms. The maximum Gasteiger partial charge on any atom is 0.0178 e. The third kappa shape index (κ3) is 5.12. The molecule has 0 amide bonds. The fourth-order valence-electron chi connectivity index (χ4n) is 2.86. The van der Waals surface area contributed by atoms with Crippen molar-refractivity contribution in [1.82, 2.24) is 5.32 Å². The van der Waals surface area contributed by atoms with Gasteiger partial charge < -0.3 is 5.32 Å². The van der Waals surface area contributed by atoms with Crippen LogP contribution in [-0.4, -0.2) is 12.6 Å². The van der Waals surface area contributed by atoms with Crippen molar-refractivity contribution in [3.8, 4) is 0 Å². The number of hydrogen-bond donors (Lipinski definition) is 1. The molecule has 1 atom stereocenters. The molecule has 1 N–H and O–H groups in total. The summed E-state index contributed by atoms with van der Waals surface area (Å²) >= 11 is 3.56. The van der Waals surface area contributed by atoms with Crippen LogP contribution >= 0.6 is 15.9 Å². The van der Waals surface area contributed by atoms with Crippen LogP contribution in [0.2, 0.25) is 0 Å². The van der Waals surface area contributed by atoms with Gasteiger partial charge in [0.1, 0.15) is 0 Å². The van der Waals surface area contributed by atoms with Crippen LogP contribution in [0.3, 0.4) is 0 Å². The topological polar surface area (TPSA) is 12.0 Å². The van der Waals surface area contributed by atoms with E-state index in [4.69, 9.17) is 0 Å². The second kappa shape index (κ2) is 7.86. The average Bonchev–Trinajstić information content (AvgIpc) is 2.40. The Kier molecular flexibility index (Phi) is 6.12. The van der Waals surface area contributed by atoms with Gasteiger partial charge in [0.25, 0.3) is 0 Å². The first-order valence-corrected chi connectivity index (χ1v) is 8.23. The molecule has 104 valence electrons. The van der Waals surface area contributed by atoms with Crippen LogP contribution in [0.4, 0.5) is 0 Å². The molecule has 0 heterocycles. The van der Waals surface area contributed by atoms with Gasteiger partial charge >= 0.3 is 0 Å². The van der Waals surface area contributed by atoms with Gasteiger partial charge in [-0.2, -0.15) is 0 Å². The van der Waals surface area contributed by atoms with Crippen molar-refractivity contribution in [2.24, 2.45) is 0 Å². The quantitative estimate of drug-likeness (QED) is 0.738. The van der Waals surface area contributed by atoms with E-state index in [1.807, 2.05) is 0 Å². The Hall–Kier alpha value is -0.600. The molecule has 0 saturated heterocycles. The molecule has 0 bridgehead atoms. The molecule has 0 spiro atoms. The first-order valence-electron chi connectivity index (χ1n) is 7.43. The smallest absolute Gasteiger partial charge is 0.0178 e. The van der Waals surface area contributed by atoms with Gasteiger partial charge in [-0.3, -0.25) is 0 Å². The number of halogens is 1. The molecule has 1 aliphatic carbocycles. The van der Waals surface area contributed by atoms with E-state index < -0.39 is 0 Å². The molecule has 1 aromatic rings. The maximum absolute atomic E-state index is 3.64. The maximum atomic E-state index is 3.64. The highest BCUT2D eigenvalue weighted by Gasteiger charge is 2.13. The van der Waals surface area contributed by atoms with Crippen LogP contribution in [0.5, 0.6) is 0 Å². The SMILES string of the molecule is CCNC(CC1=CCCCC1)Cc1cccc(Br)c1. The van der Waals surface area contributed by atoms with Crippen molar-refractivity contribution in [3.63, 3.8) is 0 Å². The first kappa shape index (κ1) is 14.8. The Morgan fingerprint density at radius 3 is 2.84 bits per heavy atom. The molecule has 0 aliphatic heterocycles. The Bertz CT molecular complexity index is 425. The van der Waals surface area contributed by atoms with Gasteiger partial charge in [-0.15, -0.1) is 0 Å². The molecule has 2 rings (SSSR count). The van der Waals surface area contributed by atoms with E-state index in [0.717, 1.165) is 13.0 Å². The zero-order chi connectivity index (χ0) is 13.5. The molecule has 1 unspecified atom stereocenters. The van der Waals surface area contributed by atoms with Crippen molar-refractivity contribution >= 4 is 15.9 Å². The molecular formula is C17H24BrN. The van der Waals surface area contributed by atoms with E-state index in [2.05, 4.69) is 58.5 Å². The van der Waals surface area contributed by atoms with Gasteiger partial charge in [-0.05, 0) is 62.8 Å². The summed E-state index contributed by atoms with van der Waals surface area (Å²) in [5.74, 6) is 0. The minimum absolute atomic E-state index is 0.573. The van der Waals surface area contributed by atoms with E-state index in [-0.39, 0.29) is 0 Å². The van der Waals surface area contributed by atoms with Crippen LogP contribution in [0.1, 0.15) is 44.6 Å². The van der Waals surface area contributed by atoms with E-state index >= 15 is 0 Å². The predicted molar refractivity (Wildman–Crippen MR) is 86.5 cm³/mol. The number of benzene rings is 1. The van der Waals surface area contributed by atoms with Crippen molar-refractivity contribution in [1.29, 1.82) is 0 Å². The van der Waals surface area contributed by atoms with Gasteiger partial charge in [0.05, 0.1) is 0 Å². The summed E-state index contributed by atoms with van der Waals surface area (Å²) < 4.78 is 1.18. The normalized spacial score (nSPS) is 17.1. The fraction of sp³-hybridized carbons (Fsp3) is 0.529. The highest BCUT2D eigenvalue weighted by molar-refractivity contribution is 9.10. The van der Waals surface area contributed by atoms with Crippen molar-refractivity contribution in [2.75, 3.05) is 6.54 Å². The summed E-state index contributed by atoms with van der Waals surface area (Å²) in [4.78, 5) is 0. The van der Waals surface area contributed by atoms with Gasteiger partial charge in [-0.1, -0.05) is 46.6 Å². The lowest BCUT2D eigenvalue weighted by Crippen LogP contribution is -2.31. The van der Waals surface area contributed by atoms with E-state index in [9.17, 15) is 0 Å². The third-order valence-corrected chi connectivity index (χ3v) is 4.25. The van der Waals surface area contributed by atoms with Crippen molar-refractivity contribution in [3.05, 3.63) is 46.0 Å². The summed E-state index contributed by atoms with van der Waals surface area (Å²) in [5.41, 5.74) is 3.07. The predicted octanol–water partition coefficient (Wildman–Crippen LogP) is 4.86. The summed E-state index contributed by atoms with van der Waals surface area (Å²) in [6.45, 7) is 3.25. The largest absolute Gasteiger partial charge is 0.314 e. The second-order valence-electron chi connectivity index (χ2n) is 5.40. The Balaban J connectivity index is 1.97. The average molecular weight is 322 g/mol. The number of likely N-dealkylation sites (N-methyl/N-ethyl adjacent to an activating group) is 1. The van der Waals surface area contributed by atoms with Gasteiger partial charge in [0.2, 0.25) is 0 Å². The lowest BCUT2D eigenvalue weighted by Gasteiger charge is -2.22. The van der Waals surface area contributed by atoms with E-state index in [1.165, 1.54) is 42.1 Å². The third-order valence-electron chi connectivity index (χ3n) is 3.76. The van der Waals surface area contributed by atoms with E-state index in [0.29, 0.717) is 6.04 Å². The molecule has 0 aromatic heterocycles. The molecule has 0 fully saturated rings. The van der Waals surface area contributed by atoms with Crippen molar-refractivity contribution in [2.45, 2.75) is 51.5 Å². The molecular weight excluding hydrogens is 298 g/mol. The summed E-state index contributed by atoms with van der Waals surface area (Å²) in [6, 6.07) is 9.26. The minimum Gasteiger partial charge on any atom is -0.314 e. The number of rotatable bonds is 6. The molecule has 1 nitrogen and oxygen atoms in total. The van der Waals surface area contributed by atoms with Gasteiger partial charge in [0, 0.05) is 10.5 Å². The van der Waals surface area contributed by atoms with Crippen LogP contribution in [0.15, 0.2) is 40.4 Å². The molecule has 1 aliphatic rings. The molecule has 0 saturated carbocycles. The van der Waals surface area contributed by atoms with Crippen LogP contribution in [0, 0.1) is 0 Å². The Morgan fingerprint density at radius 2 is 2.16 bits per heavy atom. The summed E-state index contributed by atoms with van der Waals surface area (Å²) in [5, 5.41) is 3.64. The molecule has 2 heteroatoms. The Morgan fingerprint density at radius 1 is 1.26 bits per heavy atom. The lowest BCUT2D eigenvalue weighted by molar-refractivity contribution is 0.504. The van der Waals surface area contributed by atoms with Crippen LogP contribution in [-0.2, 0) is 6.42 Å². The van der Waals surface area contributed by atoms with Crippen LogP contribution in [0.25, 0.3) is 0 Å². The molecule has 0 radical (unpaired) electrons. The summed E-state index contributed by atoms with van der Waals surface area (Å²) in [6.07, 6.45) is 10.1. The first-order chi connectivity index (χ1) is 9.28. The highest BCUT2D eigenvalue weighted by atomic mass is 79.9. The summed E-state index contributed by atoms with van der Waals surface area (Å²) in [7, 11) is 0. The number of allylic oxidation sites excluding steroid dienone is 1. The van der Waals surface area contributed by atoms with Crippen LogP contribution < -0.4 is 5.32 Å². The minimum atomic E-state index is 0.573. The highest BCUT2D eigenvalue weighted by Crippen LogP contribution is 2.23. The monoisotopic (exact) mass is 321 g/mol. The second-order valence-corrected chi connectivity index (χ2v) is 6.32. The van der Waals surface area contributed by atoms with Crippen molar-refractivity contribution < 1.29 is 0 Å².